The highest BCUT2D eigenvalue weighted by Crippen LogP contribution is 2.27. The number of rotatable bonds is 6. The highest BCUT2D eigenvalue weighted by atomic mass is 16.4. The summed E-state index contributed by atoms with van der Waals surface area (Å²) in [4.78, 5) is 39.2. The number of hydrogen-bond donors (Lipinski definition) is 3. The number of nitrogens with one attached hydrogen (secondary N) is 2. The maximum Gasteiger partial charge on any atom is 0.303 e. The highest BCUT2D eigenvalue weighted by molar-refractivity contribution is 6.10. The number of carbonyl (C=O) groups excluding carboxylic acids is 2. The van der Waals surface area contributed by atoms with Crippen molar-refractivity contribution in [2.45, 2.75) is 40.5 Å². The first-order valence-corrected chi connectivity index (χ1v) is 9.45. The van der Waals surface area contributed by atoms with Crippen LogP contribution in [0.15, 0.2) is 41.1 Å². The Bertz CT molecular complexity index is 1090. The molecule has 2 aromatic rings. The van der Waals surface area contributed by atoms with Gasteiger partial charge in [0.1, 0.15) is 0 Å². The van der Waals surface area contributed by atoms with E-state index in [0.717, 1.165) is 28.1 Å². The molecule has 0 bridgehead atoms. The van der Waals surface area contributed by atoms with Crippen LogP contribution in [0.1, 0.15) is 58.7 Å². The lowest BCUT2D eigenvalue weighted by molar-refractivity contribution is -0.137. The average Bonchev–Trinajstić information content (AvgIpc) is 3.11. The number of aromatic nitrogens is 1. The molecule has 6 nitrogen and oxygen atoms in total. The van der Waals surface area contributed by atoms with Crippen LogP contribution in [0.25, 0.3) is 6.08 Å². The van der Waals surface area contributed by atoms with Crippen LogP contribution >= 0.6 is 0 Å². The molecule has 1 aliphatic rings. The predicted molar refractivity (Wildman–Crippen MR) is 111 cm³/mol. The first-order chi connectivity index (χ1) is 13.7. The fraction of sp³-hybridized carbons (Fsp3) is 0.261. The number of aliphatic carboxylic acids is 1. The molecule has 0 atom stereocenters. The van der Waals surface area contributed by atoms with Gasteiger partial charge in [0.2, 0.25) is 5.78 Å². The zero-order chi connectivity index (χ0) is 21.3. The number of benzene rings is 1. The number of aryl methyl sites for hydroxylation is 1. The Morgan fingerprint density at radius 2 is 1.72 bits per heavy atom. The lowest BCUT2D eigenvalue weighted by Crippen LogP contribution is -2.15. The average molecular weight is 392 g/mol. The van der Waals surface area contributed by atoms with Crippen LogP contribution in [0, 0.1) is 13.8 Å². The van der Waals surface area contributed by atoms with E-state index in [1.54, 1.807) is 31.2 Å². The Morgan fingerprint density at radius 3 is 2.34 bits per heavy atom. The number of amides is 1. The molecule has 1 aromatic heterocycles. The van der Waals surface area contributed by atoms with Gasteiger partial charge in [0.05, 0.1) is 5.69 Å². The molecule has 1 aliphatic heterocycles. The van der Waals surface area contributed by atoms with Gasteiger partial charge in [-0.2, -0.15) is 0 Å². The van der Waals surface area contributed by atoms with Gasteiger partial charge in [-0.05, 0) is 62.5 Å². The number of hydrogen-bond acceptors (Lipinski definition) is 3. The van der Waals surface area contributed by atoms with Crippen molar-refractivity contribution in [3.8, 4) is 0 Å². The molecular formula is C23H24N2O4. The molecule has 6 heteroatoms. The highest BCUT2D eigenvalue weighted by Gasteiger charge is 2.23. The monoisotopic (exact) mass is 392 g/mol. The minimum absolute atomic E-state index is 0.0327. The molecule has 1 aromatic carbocycles. The van der Waals surface area contributed by atoms with E-state index in [-0.39, 0.29) is 18.1 Å². The van der Waals surface area contributed by atoms with Crippen molar-refractivity contribution in [1.29, 1.82) is 0 Å². The van der Waals surface area contributed by atoms with Crippen molar-refractivity contribution in [1.82, 2.24) is 10.3 Å². The zero-order valence-corrected chi connectivity index (χ0v) is 17.0. The lowest BCUT2D eigenvalue weighted by Gasteiger charge is -2.07. The van der Waals surface area contributed by atoms with Gasteiger partial charge in [-0.15, -0.1) is 0 Å². The summed E-state index contributed by atoms with van der Waals surface area (Å²) in [5.41, 5.74) is 6.49. The van der Waals surface area contributed by atoms with E-state index in [2.05, 4.69) is 10.3 Å². The topological polar surface area (TPSA) is 99.3 Å². The van der Waals surface area contributed by atoms with Crippen LogP contribution in [-0.4, -0.2) is 27.8 Å². The van der Waals surface area contributed by atoms with E-state index < -0.39 is 5.97 Å². The Balaban J connectivity index is 1.98. The number of allylic oxidation sites excluding steroid dienone is 1. The summed E-state index contributed by atoms with van der Waals surface area (Å²) in [6.07, 6.45) is 2.11. The molecule has 0 fully saturated rings. The van der Waals surface area contributed by atoms with Gasteiger partial charge in [-0.25, -0.2) is 0 Å². The van der Waals surface area contributed by atoms with Crippen molar-refractivity contribution in [3.05, 3.63) is 74.8 Å². The summed E-state index contributed by atoms with van der Waals surface area (Å²) in [5.74, 6) is -1.18. The van der Waals surface area contributed by atoms with E-state index in [0.29, 0.717) is 28.8 Å². The Labute approximate surface area is 169 Å². The molecule has 0 saturated heterocycles. The minimum Gasteiger partial charge on any atom is -0.481 e. The Hall–Kier alpha value is -3.41. The van der Waals surface area contributed by atoms with Gasteiger partial charge in [-0.3, -0.25) is 14.4 Å². The molecule has 29 heavy (non-hydrogen) atoms. The largest absolute Gasteiger partial charge is 0.481 e. The van der Waals surface area contributed by atoms with Gasteiger partial charge in [0.25, 0.3) is 5.91 Å². The van der Waals surface area contributed by atoms with E-state index >= 15 is 0 Å². The third-order valence-electron chi connectivity index (χ3n) is 5.54. The lowest BCUT2D eigenvalue weighted by atomic mass is 9.96. The van der Waals surface area contributed by atoms with Crippen LogP contribution in [0.2, 0.25) is 0 Å². The fourth-order valence-corrected chi connectivity index (χ4v) is 3.39. The maximum atomic E-state index is 13.2. The van der Waals surface area contributed by atoms with Gasteiger partial charge in [0.15, 0.2) is 0 Å². The molecule has 150 valence electrons. The third kappa shape index (κ3) is 3.92. The van der Waals surface area contributed by atoms with Gasteiger partial charge in [0, 0.05) is 28.9 Å². The molecule has 3 rings (SSSR count). The smallest absolute Gasteiger partial charge is 0.303 e. The summed E-state index contributed by atoms with van der Waals surface area (Å²) in [6.45, 7) is 7.46. The third-order valence-corrected chi connectivity index (χ3v) is 5.54. The van der Waals surface area contributed by atoms with E-state index in [9.17, 15) is 14.4 Å². The summed E-state index contributed by atoms with van der Waals surface area (Å²) in [6, 6.07) is 7.09. The molecule has 3 N–H and O–H groups in total. The SMILES string of the molecule is CC1=C(C)/C(=C/c2[nH]c(C(=O)c3ccccc3CCC(=O)O)c(C)c2C)NC1=O. The van der Waals surface area contributed by atoms with Crippen LogP contribution in [0.3, 0.4) is 0 Å². The molecule has 0 spiro atoms. The number of carboxylic acids is 1. The molecule has 2 heterocycles. The minimum atomic E-state index is -0.898. The van der Waals surface area contributed by atoms with Crippen molar-refractivity contribution in [3.63, 3.8) is 0 Å². The Morgan fingerprint density at radius 1 is 1.03 bits per heavy atom. The molecule has 1 amide bonds. The van der Waals surface area contributed by atoms with Gasteiger partial charge < -0.3 is 15.4 Å². The molecule has 0 aliphatic carbocycles. The molecule has 0 unspecified atom stereocenters. The van der Waals surface area contributed by atoms with Gasteiger partial charge in [-0.1, -0.05) is 24.3 Å². The number of H-pyrrole nitrogens is 1. The standard InChI is InChI=1S/C23H24N2O4/c1-12-14(3)21(24-18(12)11-19-13(2)15(4)23(29)25-19)22(28)17-8-6-5-7-16(17)9-10-20(26)27/h5-8,11,24H,9-10H2,1-4H3,(H,25,29)(H,26,27)/b19-11-. The second-order valence-electron chi connectivity index (χ2n) is 7.31. The van der Waals surface area contributed by atoms with Gasteiger partial charge >= 0.3 is 5.97 Å². The van der Waals surface area contributed by atoms with E-state index in [1.807, 2.05) is 26.8 Å². The zero-order valence-electron chi connectivity index (χ0n) is 17.0. The van der Waals surface area contributed by atoms with E-state index in [4.69, 9.17) is 5.11 Å². The predicted octanol–water partition coefficient (Wildman–Crippen LogP) is 3.69. The number of carbonyl (C=O) groups is 3. The molecule has 0 radical (unpaired) electrons. The normalized spacial score (nSPS) is 15.2. The summed E-state index contributed by atoms with van der Waals surface area (Å²) in [7, 11) is 0. The van der Waals surface area contributed by atoms with Crippen molar-refractivity contribution < 1.29 is 19.5 Å². The van der Waals surface area contributed by atoms with Crippen molar-refractivity contribution in [2.75, 3.05) is 0 Å². The van der Waals surface area contributed by atoms with Crippen LogP contribution in [0.4, 0.5) is 0 Å². The van der Waals surface area contributed by atoms with Crippen LogP contribution in [0.5, 0.6) is 0 Å². The first-order valence-electron chi connectivity index (χ1n) is 9.45. The number of ketones is 1. The maximum absolute atomic E-state index is 13.2. The van der Waals surface area contributed by atoms with Crippen LogP contribution in [-0.2, 0) is 16.0 Å². The quantitative estimate of drug-likeness (QED) is 0.653. The van der Waals surface area contributed by atoms with Crippen molar-refractivity contribution >= 4 is 23.7 Å². The number of carboxylic acid groups (broad SMARTS) is 1. The summed E-state index contributed by atoms with van der Waals surface area (Å²) < 4.78 is 0. The van der Waals surface area contributed by atoms with Crippen molar-refractivity contribution in [2.24, 2.45) is 0 Å². The summed E-state index contributed by atoms with van der Waals surface area (Å²) >= 11 is 0. The Kier molecular flexibility index (Phi) is 5.55. The second kappa shape index (κ2) is 7.91. The molecular weight excluding hydrogens is 368 g/mol. The van der Waals surface area contributed by atoms with E-state index in [1.165, 1.54) is 0 Å². The summed E-state index contributed by atoms with van der Waals surface area (Å²) in [5, 5.41) is 11.8. The van der Waals surface area contributed by atoms with Crippen LogP contribution < -0.4 is 5.32 Å². The second-order valence-corrected chi connectivity index (χ2v) is 7.31. The fourth-order valence-electron chi connectivity index (χ4n) is 3.39. The molecule has 0 saturated carbocycles. The number of aromatic amines is 1. The first kappa shape index (κ1) is 20.3.